The third kappa shape index (κ3) is 2.27. The molecule has 0 bridgehead atoms. The molecular weight excluding hydrogens is 198 g/mol. The summed E-state index contributed by atoms with van der Waals surface area (Å²) in [6.45, 7) is 5.31. The quantitative estimate of drug-likeness (QED) is 0.685. The lowest BCUT2D eigenvalue weighted by Gasteiger charge is -2.14. The lowest BCUT2D eigenvalue weighted by Crippen LogP contribution is -2.12. The van der Waals surface area contributed by atoms with Crippen LogP contribution in [0.5, 0.6) is 0 Å². The number of pyridine rings is 1. The van der Waals surface area contributed by atoms with Gasteiger partial charge in [0.1, 0.15) is 5.60 Å². The molecule has 1 aliphatic heterocycles. The van der Waals surface area contributed by atoms with E-state index in [1.807, 2.05) is 12.3 Å². The maximum Gasteiger partial charge on any atom is 0.118 e. The second-order valence-electron chi connectivity index (χ2n) is 4.63. The summed E-state index contributed by atoms with van der Waals surface area (Å²) >= 11 is 0. The van der Waals surface area contributed by atoms with Crippen molar-refractivity contribution in [1.82, 2.24) is 4.98 Å². The highest BCUT2D eigenvalue weighted by atomic mass is 16.6. The standard InChI is InChI=1S/C14H21NO/c1-3-5-8-13-12(7-6-10-15-13)14(9-4-2)11-16-14/h6-7,10H,3-5,8-9,11H2,1-2H3. The van der Waals surface area contributed by atoms with Crippen molar-refractivity contribution < 1.29 is 4.74 Å². The molecule has 1 aromatic heterocycles. The Morgan fingerprint density at radius 3 is 2.81 bits per heavy atom. The molecule has 0 amide bonds. The van der Waals surface area contributed by atoms with Crippen LogP contribution in [0.1, 0.15) is 50.8 Å². The van der Waals surface area contributed by atoms with E-state index in [1.54, 1.807) is 0 Å². The van der Waals surface area contributed by atoms with E-state index >= 15 is 0 Å². The summed E-state index contributed by atoms with van der Waals surface area (Å²) in [7, 11) is 0. The molecule has 16 heavy (non-hydrogen) atoms. The third-order valence-electron chi connectivity index (χ3n) is 3.29. The number of aromatic nitrogens is 1. The molecule has 88 valence electrons. The van der Waals surface area contributed by atoms with Crippen LogP contribution in [0.3, 0.4) is 0 Å². The van der Waals surface area contributed by atoms with Gasteiger partial charge in [0, 0.05) is 17.5 Å². The minimum Gasteiger partial charge on any atom is -0.364 e. The predicted octanol–water partition coefficient (Wildman–Crippen LogP) is 3.45. The zero-order chi connectivity index (χ0) is 11.4. The zero-order valence-electron chi connectivity index (χ0n) is 10.3. The van der Waals surface area contributed by atoms with E-state index in [9.17, 15) is 0 Å². The van der Waals surface area contributed by atoms with Crippen LogP contribution in [0.2, 0.25) is 0 Å². The van der Waals surface area contributed by atoms with Crippen molar-refractivity contribution >= 4 is 0 Å². The number of ether oxygens (including phenoxy) is 1. The summed E-state index contributed by atoms with van der Waals surface area (Å²) in [5.74, 6) is 0. The van der Waals surface area contributed by atoms with E-state index in [4.69, 9.17) is 4.74 Å². The van der Waals surface area contributed by atoms with E-state index in [1.165, 1.54) is 30.5 Å². The molecule has 2 heterocycles. The van der Waals surface area contributed by atoms with Gasteiger partial charge in [-0.15, -0.1) is 0 Å². The van der Waals surface area contributed by atoms with Gasteiger partial charge in [-0.3, -0.25) is 4.98 Å². The first-order chi connectivity index (χ1) is 7.82. The highest BCUT2D eigenvalue weighted by Gasteiger charge is 2.46. The summed E-state index contributed by atoms with van der Waals surface area (Å²) in [5, 5.41) is 0. The molecule has 2 rings (SSSR count). The van der Waals surface area contributed by atoms with Gasteiger partial charge < -0.3 is 4.74 Å². The van der Waals surface area contributed by atoms with Crippen molar-refractivity contribution in [3.8, 4) is 0 Å². The van der Waals surface area contributed by atoms with Gasteiger partial charge in [-0.2, -0.15) is 0 Å². The van der Waals surface area contributed by atoms with Crippen molar-refractivity contribution in [3.63, 3.8) is 0 Å². The Kier molecular flexibility index (Phi) is 3.59. The topological polar surface area (TPSA) is 25.4 Å². The number of nitrogens with zero attached hydrogens (tertiary/aromatic N) is 1. The van der Waals surface area contributed by atoms with Crippen molar-refractivity contribution in [2.24, 2.45) is 0 Å². The molecule has 2 nitrogen and oxygen atoms in total. The summed E-state index contributed by atoms with van der Waals surface area (Å²) in [6.07, 6.45) is 7.71. The Hall–Kier alpha value is -0.890. The van der Waals surface area contributed by atoms with Gasteiger partial charge in [0.2, 0.25) is 0 Å². The van der Waals surface area contributed by atoms with Crippen LogP contribution < -0.4 is 0 Å². The Morgan fingerprint density at radius 1 is 1.38 bits per heavy atom. The van der Waals surface area contributed by atoms with Crippen LogP contribution in [0.15, 0.2) is 18.3 Å². The van der Waals surface area contributed by atoms with Gasteiger partial charge in [0.05, 0.1) is 6.61 Å². The maximum absolute atomic E-state index is 5.70. The highest BCUT2D eigenvalue weighted by molar-refractivity contribution is 5.30. The molecule has 2 heteroatoms. The molecule has 0 N–H and O–H groups in total. The van der Waals surface area contributed by atoms with Gasteiger partial charge in [0.25, 0.3) is 0 Å². The molecule has 1 atom stereocenters. The summed E-state index contributed by atoms with van der Waals surface area (Å²) in [4.78, 5) is 4.52. The van der Waals surface area contributed by atoms with Crippen molar-refractivity contribution in [1.29, 1.82) is 0 Å². The number of hydrogen-bond acceptors (Lipinski definition) is 2. The fourth-order valence-electron chi connectivity index (χ4n) is 2.32. The van der Waals surface area contributed by atoms with Crippen LogP contribution in [-0.2, 0) is 16.8 Å². The monoisotopic (exact) mass is 219 g/mol. The van der Waals surface area contributed by atoms with Crippen molar-refractivity contribution in [3.05, 3.63) is 29.6 Å². The first-order valence-corrected chi connectivity index (χ1v) is 6.40. The average Bonchev–Trinajstić information content (AvgIpc) is 3.08. The van der Waals surface area contributed by atoms with Crippen LogP contribution in [0.25, 0.3) is 0 Å². The molecule has 1 saturated heterocycles. The summed E-state index contributed by atoms with van der Waals surface area (Å²) in [6, 6.07) is 4.23. The molecule has 0 aliphatic carbocycles. The van der Waals surface area contributed by atoms with E-state index in [2.05, 4.69) is 24.9 Å². The minimum absolute atomic E-state index is 0.0199. The Labute approximate surface area is 98.0 Å². The van der Waals surface area contributed by atoms with Crippen molar-refractivity contribution in [2.45, 2.75) is 51.6 Å². The van der Waals surface area contributed by atoms with Gasteiger partial charge >= 0.3 is 0 Å². The number of unbranched alkanes of at least 4 members (excludes halogenated alkanes) is 1. The van der Waals surface area contributed by atoms with Gasteiger partial charge in [-0.1, -0.05) is 32.8 Å². The van der Waals surface area contributed by atoms with E-state index in [-0.39, 0.29) is 5.60 Å². The van der Waals surface area contributed by atoms with Crippen LogP contribution in [0, 0.1) is 0 Å². The predicted molar refractivity (Wildman–Crippen MR) is 65.4 cm³/mol. The fraction of sp³-hybridized carbons (Fsp3) is 0.643. The third-order valence-corrected chi connectivity index (χ3v) is 3.29. The largest absolute Gasteiger partial charge is 0.364 e. The zero-order valence-corrected chi connectivity index (χ0v) is 10.3. The maximum atomic E-state index is 5.70. The molecule has 0 spiro atoms. The number of epoxide rings is 1. The average molecular weight is 219 g/mol. The van der Waals surface area contributed by atoms with Gasteiger partial charge in [0.15, 0.2) is 0 Å². The minimum atomic E-state index is 0.0199. The summed E-state index contributed by atoms with van der Waals surface area (Å²) in [5.41, 5.74) is 2.60. The smallest absolute Gasteiger partial charge is 0.118 e. The summed E-state index contributed by atoms with van der Waals surface area (Å²) < 4.78 is 5.70. The molecule has 1 fully saturated rings. The molecule has 0 saturated carbocycles. The molecule has 1 aromatic rings. The molecule has 0 aromatic carbocycles. The molecule has 1 aliphatic rings. The normalized spacial score (nSPS) is 23.4. The second kappa shape index (κ2) is 4.96. The van der Waals surface area contributed by atoms with Crippen LogP contribution in [-0.4, -0.2) is 11.6 Å². The molecule has 1 unspecified atom stereocenters. The number of aryl methyl sites for hydroxylation is 1. The van der Waals surface area contributed by atoms with E-state index < -0.39 is 0 Å². The van der Waals surface area contributed by atoms with Gasteiger partial charge in [-0.05, 0) is 25.3 Å². The Bertz CT molecular complexity index is 344. The Morgan fingerprint density at radius 2 is 2.19 bits per heavy atom. The van der Waals surface area contributed by atoms with Gasteiger partial charge in [-0.25, -0.2) is 0 Å². The first kappa shape index (κ1) is 11.6. The first-order valence-electron chi connectivity index (χ1n) is 6.40. The van der Waals surface area contributed by atoms with Crippen LogP contribution >= 0.6 is 0 Å². The molecular formula is C14H21NO. The van der Waals surface area contributed by atoms with E-state index in [0.717, 1.165) is 19.4 Å². The molecule has 0 radical (unpaired) electrons. The number of hydrogen-bond donors (Lipinski definition) is 0. The Balaban J connectivity index is 2.19. The second-order valence-corrected chi connectivity index (χ2v) is 4.63. The number of rotatable bonds is 6. The van der Waals surface area contributed by atoms with E-state index in [0.29, 0.717) is 0 Å². The highest BCUT2D eigenvalue weighted by Crippen LogP contribution is 2.44. The SMILES string of the molecule is CCCCc1ncccc1C1(CCC)CO1. The lowest BCUT2D eigenvalue weighted by molar-refractivity contribution is 0.288. The lowest BCUT2D eigenvalue weighted by atomic mass is 9.92. The fourth-order valence-corrected chi connectivity index (χ4v) is 2.32. The van der Waals surface area contributed by atoms with Crippen LogP contribution in [0.4, 0.5) is 0 Å². The van der Waals surface area contributed by atoms with Crippen molar-refractivity contribution in [2.75, 3.05) is 6.61 Å².